The molecule has 5 heteroatoms. The molecular formula is C11H17N3O2. The predicted molar refractivity (Wildman–Crippen MR) is 61.7 cm³/mol. The first kappa shape index (κ1) is 12.4. The van der Waals surface area contributed by atoms with Gasteiger partial charge in [-0.15, -0.1) is 0 Å². The van der Waals surface area contributed by atoms with E-state index >= 15 is 0 Å². The fraction of sp³-hybridized carbons (Fsp3) is 0.545. The van der Waals surface area contributed by atoms with Crippen LogP contribution in [0.1, 0.15) is 36.5 Å². The molecule has 0 saturated heterocycles. The van der Waals surface area contributed by atoms with Gasteiger partial charge in [-0.05, 0) is 25.3 Å². The van der Waals surface area contributed by atoms with Gasteiger partial charge < -0.3 is 10.4 Å². The molecule has 1 aromatic heterocycles. The Hall–Kier alpha value is -1.65. The number of aromatic nitrogens is 2. The van der Waals surface area contributed by atoms with Gasteiger partial charge >= 0.3 is 5.97 Å². The average molecular weight is 223 g/mol. The lowest BCUT2D eigenvalue weighted by molar-refractivity contribution is 0.0690. The van der Waals surface area contributed by atoms with Crippen molar-refractivity contribution in [1.29, 1.82) is 0 Å². The Morgan fingerprint density at radius 3 is 2.75 bits per heavy atom. The minimum absolute atomic E-state index is 0.0274. The highest BCUT2D eigenvalue weighted by Gasteiger charge is 2.08. The minimum Gasteiger partial charge on any atom is -0.477 e. The minimum atomic E-state index is -1.03. The normalized spacial score (nSPS) is 10.5. The van der Waals surface area contributed by atoms with Gasteiger partial charge in [-0.25, -0.2) is 14.8 Å². The summed E-state index contributed by atoms with van der Waals surface area (Å²) in [6.45, 7) is 6.75. The second-order valence-electron chi connectivity index (χ2n) is 4.13. The van der Waals surface area contributed by atoms with E-state index in [9.17, 15) is 4.79 Å². The zero-order valence-electron chi connectivity index (χ0n) is 9.82. The molecule has 1 heterocycles. The molecular weight excluding hydrogens is 206 g/mol. The summed E-state index contributed by atoms with van der Waals surface area (Å²) in [5.41, 5.74) is 0.680. The summed E-state index contributed by atoms with van der Waals surface area (Å²) >= 11 is 0. The van der Waals surface area contributed by atoms with E-state index in [1.54, 1.807) is 6.92 Å². The summed E-state index contributed by atoms with van der Waals surface area (Å²) in [7, 11) is 0. The third-order valence-corrected chi connectivity index (χ3v) is 2.08. The maximum Gasteiger partial charge on any atom is 0.354 e. The number of hydrogen-bond acceptors (Lipinski definition) is 4. The van der Waals surface area contributed by atoms with Crippen molar-refractivity contribution in [2.75, 3.05) is 11.9 Å². The van der Waals surface area contributed by atoms with Crippen LogP contribution in [0.15, 0.2) is 6.07 Å². The lowest BCUT2D eigenvalue weighted by Crippen LogP contribution is -2.11. The van der Waals surface area contributed by atoms with E-state index in [2.05, 4.69) is 29.1 Å². The highest BCUT2D eigenvalue weighted by molar-refractivity contribution is 5.85. The number of nitrogens with zero attached hydrogens (tertiary/aromatic N) is 2. The maximum absolute atomic E-state index is 10.8. The molecule has 0 fully saturated rings. The number of carboxylic acid groups (broad SMARTS) is 1. The Kier molecular flexibility index (Phi) is 4.22. The molecule has 1 aromatic rings. The summed E-state index contributed by atoms with van der Waals surface area (Å²) in [6, 6.07) is 1.45. The number of rotatable bonds is 5. The van der Waals surface area contributed by atoms with Crippen molar-refractivity contribution >= 4 is 11.9 Å². The largest absolute Gasteiger partial charge is 0.477 e. The Morgan fingerprint density at radius 2 is 2.19 bits per heavy atom. The van der Waals surface area contributed by atoms with E-state index < -0.39 is 5.97 Å². The standard InChI is InChI=1S/C11H17N3O2/c1-7(2)4-5-12-11-13-8(3)6-9(14-11)10(15)16/h6-7H,4-5H2,1-3H3,(H,15,16)(H,12,13,14). The number of carbonyl (C=O) groups is 1. The van der Waals surface area contributed by atoms with Crippen molar-refractivity contribution in [2.45, 2.75) is 27.2 Å². The van der Waals surface area contributed by atoms with Gasteiger partial charge in [-0.3, -0.25) is 0 Å². The Labute approximate surface area is 94.9 Å². The van der Waals surface area contributed by atoms with Crippen LogP contribution in [0.4, 0.5) is 5.95 Å². The first-order valence-corrected chi connectivity index (χ1v) is 5.32. The molecule has 0 aromatic carbocycles. The summed E-state index contributed by atoms with van der Waals surface area (Å²) in [6.07, 6.45) is 1.000. The van der Waals surface area contributed by atoms with Crippen molar-refractivity contribution in [3.8, 4) is 0 Å². The molecule has 0 spiro atoms. The number of anilines is 1. The Bertz CT molecular complexity index is 377. The summed E-state index contributed by atoms with van der Waals surface area (Å²) < 4.78 is 0. The van der Waals surface area contributed by atoms with Crippen molar-refractivity contribution in [3.05, 3.63) is 17.5 Å². The van der Waals surface area contributed by atoms with Gasteiger partial charge in [0.1, 0.15) is 0 Å². The lowest BCUT2D eigenvalue weighted by atomic mass is 10.1. The van der Waals surface area contributed by atoms with Crippen LogP contribution in [0, 0.1) is 12.8 Å². The number of carboxylic acids is 1. The molecule has 0 radical (unpaired) electrons. The van der Waals surface area contributed by atoms with Crippen LogP contribution in [-0.2, 0) is 0 Å². The van der Waals surface area contributed by atoms with Gasteiger partial charge in [0, 0.05) is 12.2 Å². The van der Waals surface area contributed by atoms with E-state index in [0.29, 0.717) is 17.6 Å². The number of hydrogen-bond donors (Lipinski definition) is 2. The molecule has 88 valence electrons. The van der Waals surface area contributed by atoms with Gasteiger partial charge in [-0.2, -0.15) is 0 Å². The van der Waals surface area contributed by atoms with Crippen molar-refractivity contribution < 1.29 is 9.90 Å². The SMILES string of the molecule is Cc1cc(C(=O)O)nc(NCCC(C)C)n1. The van der Waals surface area contributed by atoms with Gasteiger partial charge in [0.05, 0.1) is 0 Å². The molecule has 0 bridgehead atoms. The molecule has 0 atom stereocenters. The van der Waals surface area contributed by atoms with Gasteiger partial charge in [0.15, 0.2) is 5.69 Å². The number of aryl methyl sites for hydroxylation is 1. The van der Waals surface area contributed by atoms with Crippen LogP contribution in [-0.4, -0.2) is 27.6 Å². The Balaban J connectivity index is 2.69. The monoisotopic (exact) mass is 223 g/mol. The van der Waals surface area contributed by atoms with E-state index in [1.165, 1.54) is 6.07 Å². The van der Waals surface area contributed by atoms with Crippen LogP contribution in [0.5, 0.6) is 0 Å². The fourth-order valence-electron chi connectivity index (χ4n) is 1.23. The molecule has 2 N–H and O–H groups in total. The van der Waals surface area contributed by atoms with Crippen LogP contribution in [0.3, 0.4) is 0 Å². The second-order valence-corrected chi connectivity index (χ2v) is 4.13. The molecule has 5 nitrogen and oxygen atoms in total. The highest BCUT2D eigenvalue weighted by Crippen LogP contribution is 2.06. The van der Waals surface area contributed by atoms with Crippen LogP contribution >= 0.6 is 0 Å². The number of nitrogens with one attached hydrogen (secondary N) is 1. The molecule has 0 aliphatic heterocycles. The molecule has 0 aliphatic carbocycles. The molecule has 1 rings (SSSR count). The van der Waals surface area contributed by atoms with Crippen molar-refractivity contribution in [1.82, 2.24) is 9.97 Å². The van der Waals surface area contributed by atoms with E-state index in [-0.39, 0.29) is 5.69 Å². The predicted octanol–water partition coefficient (Wildman–Crippen LogP) is 1.94. The van der Waals surface area contributed by atoms with Crippen molar-refractivity contribution in [3.63, 3.8) is 0 Å². The number of aromatic carboxylic acids is 1. The smallest absolute Gasteiger partial charge is 0.354 e. The van der Waals surface area contributed by atoms with Crippen LogP contribution < -0.4 is 5.32 Å². The lowest BCUT2D eigenvalue weighted by Gasteiger charge is -2.07. The second kappa shape index (κ2) is 5.44. The first-order chi connectivity index (χ1) is 7.49. The zero-order valence-corrected chi connectivity index (χ0v) is 9.82. The van der Waals surface area contributed by atoms with Crippen molar-refractivity contribution in [2.24, 2.45) is 5.92 Å². The first-order valence-electron chi connectivity index (χ1n) is 5.32. The van der Waals surface area contributed by atoms with Crippen LogP contribution in [0.2, 0.25) is 0 Å². The highest BCUT2D eigenvalue weighted by atomic mass is 16.4. The third-order valence-electron chi connectivity index (χ3n) is 2.08. The molecule has 0 aliphatic rings. The molecule has 0 unspecified atom stereocenters. The van der Waals surface area contributed by atoms with Gasteiger partial charge in [0.2, 0.25) is 5.95 Å². The maximum atomic E-state index is 10.8. The average Bonchev–Trinajstić information content (AvgIpc) is 2.16. The van der Waals surface area contributed by atoms with E-state index in [1.807, 2.05) is 0 Å². The van der Waals surface area contributed by atoms with Gasteiger partial charge in [-0.1, -0.05) is 13.8 Å². The summed E-state index contributed by atoms with van der Waals surface area (Å²) in [5, 5.41) is 11.9. The third kappa shape index (κ3) is 3.84. The summed E-state index contributed by atoms with van der Waals surface area (Å²) in [4.78, 5) is 18.8. The Morgan fingerprint density at radius 1 is 1.50 bits per heavy atom. The topological polar surface area (TPSA) is 75.1 Å². The molecule has 0 amide bonds. The van der Waals surface area contributed by atoms with Gasteiger partial charge in [0.25, 0.3) is 0 Å². The molecule has 16 heavy (non-hydrogen) atoms. The fourth-order valence-corrected chi connectivity index (χ4v) is 1.23. The molecule has 0 saturated carbocycles. The van der Waals surface area contributed by atoms with Crippen LogP contribution in [0.25, 0.3) is 0 Å². The quantitative estimate of drug-likeness (QED) is 0.797. The van der Waals surface area contributed by atoms with E-state index in [4.69, 9.17) is 5.11 Å². The van der Waals surface area contributed by atoms with E-state index in [0.717, 1.165) is 13.0 Å². The zero-order chi connectivity index (χ0) is 12.1. The summed E-state index contributed by atoms with van der Waals surface area (Å²) in [5.74, 6) is -0.0493.